The molecule has 0 heterocycles. The fourth-order valence-electron chi connectivity index (χ4n) is 1.57. The van der Waals surface area contributed by atoms with Crippen LogP contribution in [-0.4, -0.2) is 43.9 Å². The van der Waals surface area contributed by atoms with Gasteiger partial charge in [0, 0.05) is 18.7 Å². The summed E-state index contributed by atoms with van der Waals surface area (Å²) in [5.74, 6) is -0.129. The molecule has 0 unspecified atom stereocenters. The quantitative estimate of drug-likeness (QED) is 0.755. The van der Waals surface area contributed by atoms with Crippen molar-refractivity contribution in [2.45, 2.75) is 26.4 Å². The van der Waals surface area contributed by atoms with Gasteiger partial charge in [-0.05, 0) is 32.9 Å². The zero-order valence-electron chi connectivity index (χ0n) is 13.3. The molecule has 0 aliphatic rings. The number of amides is 2. The third kappa shape index (κ3) is 8.26. The van der Waals surface area contributed by atoms with Crippen molar-refractivity contribution >= 4 is 12.0 Å². The number of carbonyl (C=O) groups excluding carboxylic acids is 2. The molecule has 2 amide bonds. The molecule has 0 fully saturated rings. The van der Waals surface area contributed by atoms with Crippen molar-refractivity contribution in [1.29, 1.82) is 0 Å². The molecular formula is C16H24N2O4. The summed E-state index contributed by atoms with van der Waals surface area (Å²) in [7, 11) is 0. The second-order valence-electron chi connectivity index (χ2n) is 5.66. The number of hydrogen-bond donors (Lipinski definition) is 2. The normalized spacial score (nSPS) is 10.9. The Morgan fingerprint density at radius 2 is 1.59 bits per heavy atom. The van der Waals surface area contributed by atoms with Crippen LogP contribution in [0.25, 0.3) is 0 Å². The highest BCUT2D eigenvalue weighted by atomic mass is 16.6. The lowest BCUT2D eigenvalue weighted by Crippen LogP contribution is -2.34. The summed E-state index contributed by atoms with van der Waals surface area (Å²) in [5, 5.41) is 5.34. The number of benzene rings is 1. The average Bonchev–Trinajstić information content (AvgIpc) is 2.45. The fraction of sp³-hybridized carbons (Fsp3) is 0.500. The average molecular weight is 308 g/mol. The Hall–Kier alpha value is -2.08. The first kappa shape index (κ1) is 18.0. The van der Waals surface area contributed by atoms with E-state index in [1.165, 1.54) is 0 Å². The highest BCUT2D eigenvalue weighted by molar-refractivity contribution is 5.94. The first-order valence-electron chi connectivity index (χ1n) is 7.26. The topological polar surface area (TPSA) is 76.7 Å². The Morgan fingerprint density at radius 1 is 1.00 bits per heavy atom. The van der Waals surface area contributed by atoms with Crippen LogP contribution >= 0.6 is 0 Å². The van der Waals surface area contributed by atoms with Crippen molar-refractivity contribution in [2.24, 2.45) is 0 Å². The first-order chi connectivity index (χ1) is 10.4. The molecule has 6 heteroatoms. The Bertz CT molecular complexity index is 469. The van der Waals surface area contributed by atoms with Gasteiger partial charge in [0.1, 0.15) is 5.60 Å². The Labute approximate surface area is 131 Å². The maximum absolute atomic E-state index is 11.7. The Balaban J connectivity index is 2.02. The van der Waals surface area contributed by atoms with Crippen molar-refractivity contribution in [3.8, 4) is 0 Å². The number of alkyl carbamates (subject to hydrolysis) is 1. The standard InChI is InChI=1S/C16H24N2O4/c1-16(2,3)22-15(20)18-10-12-21-11-9-17-14(19)13-7-5-4-6-8-13/h4-8H,9-12H2,1-3H3,(H,17,19)(H,18,20). The summed E-state index contributed by atoms with van der Waals surface area (Å²) in [4.78, 5) is 23.1. The third-order valence-corrected chi connectivity index (χ3v) is 2.48. The summed E-state index contributed by atoms with van der Waals surface area (Å²) in [5.41, 5.74) is 0.112. The van der Waals surface area contributed by atoms with E-state index in [1.807, 2.05) is 18.2 Å². The van der Waals surface area contributed by atoms with Crippen LogP contribution in [0.3, 0.4) is 0 Å². The van der Waals surface area contributed by atoms with E-state index in [9.17, 15) is 9.59 Å². The van der Waals surface area contributed by atoms with Crippen molar-refractivity contribution in [2.75, 3.05) is 26.3 Å². The molecule has 2 N–H and O–H groups in total. The molecule has 1 rings (SSSR count). The zero-order valence-corrected chi connectivity index (χ0v) is 13.3. The Kier molecular flexibility index (Phi) is 7.39. The lowest BCUT2D eigenvalue weighted by Gasteiger charge is -2.19. The van der Waals surface area contributed by atoms with E-state index in [-0.39, 0.29) is 5.91 Å². The molecule has 0 bridgehead atoms. The van der Waals surface area contributed by atoms with Crippen LogP contribution in [0.1, 0.15) is 31.1 Å². The summed E-state index contributed by atoms with van der Waals surface area (Å²) in [6.07, 6.45) is -0.464. The van der Waals surface area contributed by atoms with Crippen LogP contribution < -0.4 is 10.6 Å². The molecular weight excluding hydrogens is 284 g/mol. The summed E-state index contributed by atoms with van der Waals surface area (Å²) >= 11 is 0. The van der Waals surface area contributed by atoms with Crippen molar-refractivity contribution < 1.29 is 19.1 Å². The second kappa shape index (κ2) is 9.04. The SMILES string of the molecule is CC(C)(C)OC(=O)NCCOCCNC(=O)c1ccccc1. The van der Waals surface area contributed by atoms with Crippen LogP contribution in [0.15, 0.2) is 30.3 Å². The van der Waals surface area contributed by atoms with Gasteiger partial charge in [-0.1, -0.05) is 18.2 Å². The molecule has 0 radical (unpaired) electrons. The number of nitrogens with one attached hydrogen (secondary N) is 2. The van der Waals surface area contributed by atoms with E-state index in [4.69, 9.17) is 9.47 Å². The molecule has 122 valence electrons. The van der Waals surface area contributed by atoms with Crippen molar-refractivity contribution in [3.05, 3.63) is 35.9 Å². The highest BCUT2D eigenvalue weighted by Gasteiger charge is 2.15. The zero-order chi connectivity index (χ0) is 16.4. The predicted molar refractivity (Wildman–Crippen MR) is 83.8 cm³/mol. The van der Waals surface area contributed by atoms with E-state index in [1.54, 1.807) is 32.9 Å². The van der Waals surface area contributed by atoms with E-state index in [2.05, 4.69) is 10.6 Å². The smallest absolute Gasteiger partial charge is 0.407 e. The third-order valence-electron chi connectivity index (χ3n) is 2.48. The summed E-state index contributed by atoms with van der Waals surface area (Å²) in [6, 6.07) is 8.99. The minimum atomic E-state index is -0.507. The van der Waals surface area contributed by atoms with Crippen LogP contribution in [0.4, 0.5) is 4.79 Å². The maximum atomic E-state index is 11.7. The molecule has 1 aromatic carbocycles. The molecule has 0 atom stereocenters. The second-order valence-corrected chi connectivity index (χ2v) is 5.66. The number of ether oxygens (including phenoxy) is 2. The first-order valence-corrected chi connectivity index (χ1v) is 7.26. The largest absolute Gasteiger partial charge is 0.444 e. The van der Waals surface area contributed by atoms with E-state index in [0.29, 0.717) is 31.9 Å². The van der Waals surface area contributed by atoms with Crippen LogP contribution in [0.2, 0.25) is 0 Å². The maximum Gasteiger partial charge on any atom is 0.407 e. The van der Waals surface area contributed by atoms with Gasteiger partial charge in [0.25, 0.3) is 5.91 Å². The van der Waals surface area contributed by atoms with Crippen LogP contribution in [0, 0.1) is 0 Å². The van der Waals surface area contributed by atoms with Gasteiger partial charge in [-0.2, -0.15) is 0 Å². The minimum Gasteiger partial charge on any atom is -0.444 e. The molecule has 0 aliphatic heterocycles. The van der Waals surface area contributed by atoms with Gasteiger partial charge < -0.3 is 20.1 Å². The van der Waals surface area contributed by atoms with Crippen LogP contribution in [-0.2, 0) is 9.47 Å². The van der Waals surface area contributed by atoms with E-state index in [0.717, 1.165) is 0 Å². The molecule has 6 nitrogen and oxygen atoms in total. The molecule has 0 aliphatic carbocycles. The van der Waals surface area contributed by atoms with Crippen molar-refractivity contribution in [1.82, 2.24) is 10.6 Å². The van der Waals surface area contributed by atoms with Gasteiger partial charge in [-0.15, -0.1) is 0 Å². The summed E-state index contributed by atoms with van der Waals surface area (Å²) in [6.45, 7) is 6.94. The van der Waals surface area contributed by atoms with Gasteiger partial charge >= 0.3 is 6.09 Å². The lowest BCUT2D eigenvalue weighted by atomic mass is 10.2. The van der Waals surface area contributed by atoms with Crippen LogP contribution in [0.5, 0.6) is 0 Å². The highest BCUT2D eigenvalue weighted by Crippen LogP contribution is 2.06. The lowest BCUT2D eigenvalue weighted by molar-refractivity contribution is 0.0500. The monoisotopic (exact) mass is 308 g/mol. The van der Waals surface area contributed by atoms with Gasteiger partial charge in [0.05, 0.1) is 13.2 Å². The minimum absolute atomic E-state index is 0.129. The Morgan fingerprint density at radius 3 is 2.18 bits per heavy atom. The predicted octanol–water partition coefficient (Wildman–Crippen LogP) is 1.96. The summed E-state index contributed by atoms with van der Waals surface area (Å²) < 4.78 is 10.4. The van der Waals surface area contributed by atoms with E-state index >= 15 is 0 Å². The fourth-order valence-corrected chi connectivity index (χ4v) is 1.57. The number of hydrogen-bond acceptors (Lipinski definition) is 4. The van der Waals surface area contributed by atoms with Gasteiger partial charge in [-0.25, -0.2) is 4.79 Å². The molecule has 0 spiro atoms. The van der Waals surface area contributed by atoms with Crippen molar-refractivity contribution in [3.63, 3.8) is 0 Å². The van der Waals surface area contributed by atoms with Gasteiger partial charge in [0.2, 0.25) is 0 Å². The molecule has 0 aromatic heterocycles. The van der Waals surface area contributed by atoms with Gasteiger partial charge in [-0.3, -0.25) is 4.79 Å². The molecule has 22 heavy (non-hydrogen) atoms. The molecule has 0 saturated heterocycles. The molecule has 1 aromatic rings. The van der Waals surface area contributed by atoms with E-state index < -0.39 is 11.7 Å². The number of rotatable bonds is 7. The number of carbonyl (C=O) groups is 2. The molecule has 0 saturated carbocycles. The van der Waals surface area contributed by atoms with Gasteiger partial charge in [0.15, 0.2) is 0 Å².